The van der Waals surface area contributed by atoms with Crippen LogP contribution in [-0.4, -0.2) is 33.8 Å². The molecule has 3 heterocycles. The molecule has 6 nitrogen and oxygen atoms in total. The minimum absolute atomic E-state index is 0.0931. The van der Waals surface area contributed by atoms with Gasteiger partial charge in [-0.05, 0) is 31.9 Å². The molecule has 2 aromatic rings. The molecule has 3 rings (SSSR count). The summed E-state index contributed by atoms with van der Waals surface area (Å²) in [4.78, 5) is 28.3. The molecular weight excluding hydrogens is 268 g/mol. The van der Waals surface area contributed by atoms with Crippen molar-refractivity contribution in [1.82, 2.24) is 20.0 Å². The highest BCUT2D eigenvalue weighted by molar-refractivity contribution is 5.88. The second-order valence-corrected chi connectivity index (χ2v) is 5.30. The SMILES string of the molecule is Cc1nc2ccccn2c1CC(=O)NC1CCCNC1=O. The first-order valence-corrected chi connectivity index (χ1v) is 7.15. The Balaban J connectivity index is 1.74. The van der Waals surface area contributed by atoms with E-state index in [0.717, 1.165) is 23.5 Å². The number of carbonyl (C=O) groups is 2. The molecular formula is C15H18N4O2. The Morgan fingerprint density at radius 3 is 3.19 bits per heavy atom. The second kappa shape index (κ2) is 5.55. The van der Waals surface area contributed by atoms with Crippen LogP contribution in [0.15, 0.2) is 24.4 Å². The lowest BCUT2D eigenvalue weighted by Crippen LogP contribution is -2.50. The Labute approximate surface area is 122 Å². The van der Waals surface area contributed by atoms with Gasteiger partial charge in [-0.15, -0.1) is 0 Å². The van der Waals surface area contributed by atoms with Gasteiger partial charge < -0.3 is 15.0 Å². The molecule has 1 saturated heterocycles. The fourth-order valence-electron chi connectivity index (χ4n) is 2.68. The lowest BCUT2D eigenvalue weighted by molar-refractivity contribution is -0.129. The molecule has 21 heavy (non-hydrogen) atoms. The molecule has 2 aromatic heterocycles. The summed E-state index contributed by atoms with van der Waals surface area (Å²) >= 11 is 0. The third-order valence-electron chi connectivity index (χ3n) is 3.78. The van der Waals surface area contributed by atoms with Crippen LogP contribution in [0.3, 0.4) is 0 Å². The first-order chi connectivity index (χ1) is 10.1. The summed E-state index contributed by atoms with van der Waals surface area (Å²) < 4.78 is 1.91. The van der Waals surface area contributed by atoms with Gasteiger partial charge in [0.15, 0.2) is 0 Å². The summed E-state index contributed by atoms with van der Waals surface area (Å²) in [6.45, 7) is 2.58. The molecule has 110 valence electrons. The van der Waals surface area contributed by atoms with E-state index < -0.39 is 6.04 Å². The van der Waals surface area contributed by atoms with Gasteiger partial charge in [-0.2, -0.15) is 0 Å². The Bertz CT molecular complexity index is 692. The Kier molecular flexibility index (Phi) is 3.60. The predicted molar refractivity (Wildman–Crippen MR) is 77.8 cm³/mol. The summed E-state index contributed by atoms with van der Waals surface area (Å²) in [5.74, 6) is -0.240. The van der Waals surface area contributed by atoms with Crippen LogP contribution in [0.1, 0.15) is 24.2 Å². The van der Waals surface area contributed by atoms with Gasteiger partial charge in [-0.3, -0.25) is 9.59 Å². The van der Waals surface area contributed by atoms with Crippen LogP contribution in [0, 0.1) is 6.92 Å². The van der Waals surface area contributed by atoms with Gasteiger partial charge >= 0.3 is 0 Å². The van der Waals surface area contributed by atoms with Crippen LogP contribution >= 0.6 is 0 Å². The molecule has 1 atom stereocenters. The van der Waals surface area contributed by atoms with Gasteiger partial charge in [-0.1, -0.05) is 6.07 Å². The van der Waals surface area contributed by atoms with Crippen molar-refractivity contribution in [2.75, 3.05) is 6.54 Å². The second-order valence-electron chi connectivity index (χ2n) is 5.30. The predicted octanol–water partition coefficient (Wildman–Crippen LogP) is 0.580. The molecule has 0 aromatic carbocycles. The maximum atomic E-state index is 12.2. The van der Waals surface area contributed by atoms with Gasteiger partial charge in [0.2, 0.25) is 11.8 Å². The van der Waals surface area contributed by atoms with E-state index in [2.05, 4.69) is 15.6 Å². The number of fused-ring (bicyclic) bond motifs is 1. The topological polar surface area (TPSA) is 75.5 Å². The number of aromatic nitrogens is 2. The van der Waals surface area contributed by atoms with Crippen molar-refractivity contribution in [3.8, 4) is 0 Å². The van der Waals surface area contributed by atoms with E-state index in [0.29, 0.717) is 13.0 Å². The zero-order chi connectivity index (χ0) is 14.8. The third-order valence-corrected chi connectivity index (χ3v) is 3.78. The molecule has 0 aliphatic carbocycles. The summed E-state index contributed by atoms with van der Waals surface area (Å²) in [7, 11) is 0. The van der Waals surface area contributed by atoms with Gasteiger partial charge in [0.05, 0.1) is 17.8 Å². The van der Waals surface area contributed by atoms with Crippen molar-refractivity contribution in [1.29, 1.82) is 0 Å². The largest absolute Gasteiger partial charge is 0.354 e. The summed E-state index contributed by atoms with van der Waals surface area (Å²) in [6, 6.07) is 5.32. The molecule has 1 aliphatic heterocycles. The molecule has 2 N–H and O–H groups in total. The maximum Gasteiger partial charge on any atom is 0.242 e. The van der Waals surface area contributed by atoms with E-state index in [1.165, 1.54) is 0 Å². The smallest absolute Gasteiger partial charge is 0.242 e. The molecule has 6 heteroatoms. The number of imidazole rings is 1. The van der Waals surface area contributed by atoms with Crippen LogP contribution in [0.25, 0.3) is 5.65 Å². The Morgan fingerprint density at radius 1 is 1.52 bits per heavy atom. The number of hydrogen-bond donors (Lipinski definition) is 2. The fraction of sp³-hybridized carbons (Fsp3) is 0.400. The maximum absolute atomic E-state index is 12.2. The van der Waals surface area contributed by atoms with E-state index in [1.54, 1.807) is 0 Å². The van der Waals surface area contributed by atoms with E-state index in [4.69, 9.17) is 0 Å². The highest BCUT2D eigenvalue weighted by Gasteiger charge is 2.24. The van der Waals surface area contributed by atoms with Gasteiger partial charge in [0.25, 0.3) is 0 Å². The summed E-state index contributed by atoms with van der Waals surface area (Å²) in [6.07, 6.45) is 3.71. The number of rotatable bonds is 3. The zero-order valence-electron chi connectivity index (χ0n) is 11.9. The molecule has 2 amide bonds. The lowest BCUT2D eigenvalue weighted by atomic mass is 10.1. The Hall–Kier alpha value is -2.37. The number of amides is 2. The van der Waals surface area contributed by atoms with E-state index in [1.807, 2.05) is 35.7 Å². The molecule has 0 spiro atoms. The zero-order valence-corrected chi connectivity index (χ0v) is 11.9. The van der Waals surface area contributed by atoms with Crippen LogP contribution in [0.5, 0.6) is 0 Å². The van der Waals surface area contributed by atoms with Crippen molar-refractivity contribution in [3.05, 3.63) is 35.8 Å². The molecule has 1 unspecified atom stereocenters. The van der Waals surface area contributed by atoms with Gasteiger partial charge in [-0.25, -0.2) is 4.98 Å². The number of piperidine rings is 1. The van der Waals surface area contributed by atoms with Crippen LogP contribution in [-0.2, 0) is 16.0 Å². The fourth-order valence-corrected chi connectivity index (χ4v) is 2.68. The number of aryl methyl sites for hydroxylation is 1. The van der Waals surface area contributed by atoms with Crippen LogP contribution < -0.4 is 10.6 Å². The number of carbonyl (C=O) groups excluding carboxylic acids is 2. The highest BCUT2D eigenvalue weighted by Crippen LogP contribution is 2.12. The summed E-state index contributed by atoms with van der Waals surface area (Å²) in [5, 5.41) is 5.57. The average molecular weight is 286 g/mol. The number of nitrogens with zero attached hydrogens (tertiary/aromatic N) is 2. The van der Waals surface area contributed by atoms with E-state index in [-0.39, 0.29) is 18.2 Å². The van der Waals surface area contributed by atoms with Crippen LogP contribution in [0.2, 0.25) is 0 Å². The molecule has 0 bridgehead atoms. The molecule has 1 fully saturated rings. The van der Waals surface area contributed by atoms with Crippen LogP contribution in [0.4, 0.5) is 0 Å². The number of hydrogen-bond acceptors (Lipinski definition) is 3. The van der Waals surface area contributed by atoms with Crippen molar-refractivity contribution in [3.63, 3.8) is 0 Å². The highest BCUT2D eigenvalue weighted by atomic mass is 16.2. The van der Waals surface area contributed by atoms with Crippen molar-refractivity contribution >= 4 is 17.5 Å². The molecule has 0 saturated carbocycles. The van der Waals surface area contributed by atoms with Gasteiger partial charge in [0, 0.05) is 12.7 Å². The first-order valence-electron chi connectivity index (χ1n) is 7.15. The van der Waals surface area contributed by atoms with E-state index >= 15 is 0 Å². The standard InChI is InChI=1S/C15H18N4O2/c1-10-12(19-8-3-2-6-13(19)17-10)9-14(20)18-11-5-4-7-16-15(11)21/h2-3,6,8,11H,4-5,7,9H2,1H3,(H,16,21)(H,18,20). The van der Waals surface area contributed by atoms with Crippen molar-refractivity contribution in [2.24, 2.45) is 0 Å². The number of nitrogens with one attached hydrogen (secondary N) is 2. The molecule has 0 radical (unpaired) electrons. The quantitative estimate of drug-likeness (QED) is 0.866. The lowest BCUT2D eigenvalue weighted by Gasteiger charge is -2.22. The number of pyridine rings is 1. The van der Waals surface area contributed by atoms with Crippen molar-refractivity contribution in [2.45, 2.75) is 32.2 Å². The Morgan fingerprint density at radius 2 is 2.38 bits per heavy atom. The minimum atomic E-state index is -0.411. The monoisotopic (exact) mass is 286 g/mol. The average Bonchev–Trinajstić information content (AvgIpc) is 2.78. The van der Waals surface area contributed by atoms with Crippen molar-refractivity contribution < 1.29 is 9.59 Å². The summed E-state index contributed by atoms with van der Waals surface area (Å²) in [5.41, 5.74) is 2.52. The minimum Gasteiger partial charge on any atom is -0.354 e. The first kappa shape index (κ1) is 13.6. The van der Waals surface area contributed by atoms with Gasteiger partial charge in [0.1, 0.15) is 11.7 Å². The normalized spacial score (nSPS) is 18.5. The molecule has 1 aliphatic rings. The third kappa shape index (κ3) is 2.74. The van der Waals surface area contributed by atoms with E-state index in [9.17, 15) is 9.59 Å².